The van der Waals surface area contributed by atoms with E-state index in [1.807, 2.05) is 0 Å². The number of allylic oxidation sites excluding steroid dienone is 2. The van der Waals surface area contributed by atoms with Gasteiger partial charge in [-0.1, -0.05) is 0 Å². The Balaban J connectivity index is 2.00. The molecule has 0 spiro atoms. The number of rotatable bonds is 3. The van der Waals surface area contributed by atoms with Crippen LogP contribution in [0.2, 0.25) is 0 Å². The fourth-order valence-corrected chi connectivity index (χ4v) is 5.49. The number of aliphatic hydroxyl groups is 1. The van der Waals surface area contributed by atoms with Crippen molar-refractivity contribution in [3.8, 4) is 0 Å². The van der Waals surface area contributed by atoms with Gasteiger partial charge in [0.05, 0.1) is 5.76 Å². The zero-order chi connectivity index (χ0) is 20.5. The van der Waals surface area contributed by atoms with Crippen LogP contribution in [0.25, 0.3) is 0 Å². The maximum Gasteiger partial charge on any atom is 0.523 e. The van der Waals surface area contributed by atoms with Gasteiger partial charge in [0.2, 0.25) is 0 Å². The molecule has 0 radical (unpaired) electrons. The highest BCUT2D eigenvalue weighted by Gasteiger charge is 2.84. The minimum Gasteiger partial charge on any atom is -0.513 e. The van der Waals surface area contributed by atoms with Crippen LogP contribution < -0.4 is 0 Å². The second-order valence-electron chi connectivity index (χ2n) is 7.45. The predicted octanol–water partition coefficient (Wildman–Crippen LogP) is 4.68. The van der Waals surface area contributed by atoms with Crippen molar-refractivity contribution in [3.63, 3.8) is 0 Å². The van der Waals surface area contributed by atoms with E-state index in [-0.39, 0.29) is 25.0 Å². The van der Waals surface area contributed by atoms with Crippen LogP contribution in [-0.4, -0.2) is 36.5 Å². The zero-order valence-electron chi connectivity index (χ0n) is 13.8. The number of alkyl halides is 7. The van der Waals surface area contributed by atoms with Gasteiger partial charge in [-0.05, 0) is 50.5 Å². The molecule has 0 amide bonds. The molecule has 4 aliphatic rings. The monoisotopic (exact) mass is 426 g/mol. The lowest BCUT2D eigenvalue weighted by Gasteiger charge is -2.62. The van der Waals surface area contributed by atoms with Gasteiger partial charge in [0.25, 0.3) is 0 Å². The highest BCUT2D eigenvalue weighted by molar-refractivity contribution is 7.87. The van der Waals surface area contributed by atoms with Crippen LogP contribution >= 0.6 is 0 Å². The number of aliphatic hydroxyl groups excluding tert-OH is 1. The van der Waals surface area contributed by atoms with Crippen molar-refractivity contribution in [2.24, 2.45) is 11.3 Å². The molecule has 0 aromatic heterocycles. The van der Waals surface area contributed by atoms with Crippen LogP contribution in [0.3, 0.4) is 0 Å². The number of hydrogen-bond acceptors (Lipinski definition) is 4. The quantitative estimate of drug-likeness (QED) is 0.405. The van der Waals surface area contributed by atoms with E-state index in [2.05, 4.69) is 4.18 Å². The van der Waals surface area contributed by atoms with Gasteiger partial charge in [0.1, 0.15) is 0 Å². The summed E-state index contributed by atoms with van der Waals surface area (Å²) in [6.45, 7) is 0. The first-order valence-electron chi connectivity index (χ1n) is 8.27. The van der Waals surface area contributed by atoms with Gasteiger partial charge in [-0.3, -0.25) is 0 Å². The largest absolute Gasteiger partial charge is 0.523 e. The molecule has 156 valence electrons. The van der Waals surface area contributed by atoms with E-state index in [4.69, 9.17) is 0 Å². The highest BCUT2D eigenvalue weighted by atomic mass is 32.2. The van der Waals surface area contributed by atoms with Crippen molar-refractivity contribution >= 4 is 10.1 Å². The molecule has 0 heterocycles. The van der Waals surface area contributed by atoms with Crippen molar-refractivity contribution in [2.45, 2.75) is 67.9 Å². The lowest BCUT2D eigenvalue weighted by molar-refractivity contribution is -0.386. The van der Waals surface area contributed by atoms with E-state index in [0.717, 1.165) is 0 Å². The maximum absolute atomic E-state index is 14.9. The summed E-state index contributed by atoms with van der Waals surface area (Å²) in [5.41, 5.74) is -11.6. The maximum atomic E-state index is 14.9. The van der Waals surface area contributed by atoms with Gasteiger partial charge in [-0.2, -0.15) is 39.2 Å². The molecule has 3 saturated carbocycles. The first-order valence-corrected chi connectivity index (χ1v) is 9.68. The van der Waals surface area contributed by atoms with Gasteiger partial charge in [0, 0.05) is 11.8 Å². The van der Waals surface area contributed by atoms with E-state index >= 15 is 0 Å². The fraction of sp³-hybridized carbons (Fsp3) is 0.867. The molecule has 0 aliphatic heterocycles. The molecular formula is C15H17F7O4S. The van der Waals surface area contributed by atoms with E-state index < -0.39 is 70.1 Å². The van der Waals surface area contributed by atoms with Crippen LogP contribution in [0.1, 0.15) is 44.9 Å². The van der Waals surface area contributed by atoms with Gasteiger partial charge in [0.15, 0.2) is 5.60 Å². The Bertz CT molecular complexity index is 749. The Morgan fingerprint density at radius 3 is 2.04 bits per heavy atom. The summed E-state index contributed by atoms with van der Waals surface area (Å²) in [7, 11) is -6.47. The molecule has 4 nitrogen and oxygen atoms in total. The lowest BCUT2D eigenvalue weighted by atomic mass is 9.49. The van der Waals surface area contributed by atoms with Crippen molar-refractivity contribution in [2.75, 3.05) is 0 Å². The Morgan fingerprint density at radius 2 is 1.59 bits per heavy atom. The van der Waals surface area contributed by atoms with E-state index in [1.165, 1.54) is 6.08 Å². The van der Waals surface area contributed by atoms with Crippen LogP contribution in [0.15, 0.2) is 11.8 Å². The first-order chi connectivity index (χ1) is 12.1. The van der Waals surface area contributed by atoms with Crippen LogP contribution in [0.5, 0.6) is 0 Å². The van der Waals surface area contributed by atoms with Gasteiger partial charge < -0.3 is 5.11 Å². The standard InChI is InChI=1S/C15H17F7O4S/c16-13(17)11(9-1-3-10(23)4-2-9)5-7-12(8-6-11,14(13,18)19)26-27(24,25)15(20,21)22/h3,9,23H,1-2,4-8H2. The van der Waals surface area contributed by atoms with Crippen molar-refractivity contribution in [1.82, 2.24) is 0 Å². The highest BCUT2D eigenvalue weighted by Crippen LogP contribution is 2.71. The normalized spacial score (nSPS) is 38.5. The average Bonchev–Trinajstić information content (AvgIpc) is 2.53. The third-order valence-electron chi connectivity index (χ3n) is 6.26. The molecule has 1 unspecified atom stereocenters. The summed E-state index contributed by atoms with van der Waals surface area (Å²) >= 11 is 0. The van der Waals surface area contributed by atoms with E-state index in [9.17, 15) is 44.3 Å². The third-order valence-corrected chi connectivity index (χ3v) is 7.37. The second-order valence-corrected chi connectivity index (χ2v) is 8.99. The molecule has 0 aromatic rings. The fourth-order valence-electron chi connectivity index (χ4n) is 4.71. The van der Waals surface area contributed by atoms with Crippen molar-refractivity contribution < 1.29 is 48.4 Å². The topological polar surface area (TPSA) is 63.6 Å². The van der Waals surface area contributed by atoms with Crippen molar-refractivity contribution in [3.05, 3.63) is 11.8 Å². The Kier molecular flexibility index (Phi) is 4.40. The smallest absolute Gasteiger partial charge is 0.513 e. The Morgan fingerprint density at radius 1 is 1.04 bits per heavy atom. The minimum absolute atomic E-state index is 0.0294. The molecular weight excluding hydrogens is 409 g/mol. The van der Waals surface area contributed by atoms with Crippen molar-refractivity contribution in [1.29, 1.82) is 0 Å². The van der Waals surface area contributed by atoms with Gasteiger partial charge in [-0.25, -0.2) is 4.18 Å². The summed E-state index contributed by atoms with van der Waals surface area (Å²) in [5.74, 6) is -10.8. The van der Waals surface area contributed by atoms with E-state index in [1.54, 1.807) is 0 Å². The van der Waals surface area contributed by atoms with Gasteiger partial charge in [-0.15, -0.1) is 0 Å². The number of halogens is 7. The summed E-state index contributed by atoms with van der Waals surface area (Å²) in [6.07, 6.45) is -1.77. The SMILES string of the molecule is O=S(=O)(OC12CCC(C3CC=C(O)CC3)(CC1)C(F)(F)C2(F)F)C(F)(F)F. The molecule has 1 N–H and O–H groups in total. The molecule has 2 bridgehead atoms. The minimum atomic E-state index is -6.47. The van der Waals surface area contributed by atoms with Gasteiger partial charge >= 0.3 is 27.5 Å². The molecule has 0 saturated heterocycles. The summed E-state index contributed by atoms with van der Waals surface area (Å²) in [6, 6.07) is 0. The molecule has 1 atom stereocenters. The Labute approximate surface area is 150 Å². The third kappa shape index (κ3) is 2.61. The van der Waals surface area contributed by atoms with Crippen LogP contribution in [0, 0.1) is 11.3 Å². The summed E-state index contributed by atoms with van der Waals surface area (Å²) in [5, 5.41) is 9.40. The molecule has 0 aromatic carbocycles. The second kappa shape index (κ2) is 5.74. The molecule has 3 fully saturated rings. The number of fused-ring (bicyclic) bond motifs is 3. The first kappa shape index (κ1) is 20.7. The molecule has 4 rings (SSSR count). The molecule has 27 heavy (non-hydrogen) atoms. The summed E-state index contributed by atoms with van der Waals surface area (Å²) in [4.78, 5) is 0. The molecule has 12 heteroatoms. The molecule has 4 aliphatic carbocycles. The zero-order valence-corrected chi connectivity index (χ0v) is 14.6. The predicted molar refractivity (Wildman–Crippen MR) is 77.6 cm³/mol. The average molecular weight is 426 g/mol. The number of hydrogen-bond donors (Lipinski definition) is 1. The van der Waals surface area contributed by atoms with Crippen LogP contribution in [-0.2, 0) is 14.3 Å². The van der Waals surface area contributed by atoms with Crippen LogP contribution in [0.4, 0.5) is 30.7 Å². The van der Waals surface area contributed by atoms with E-state index in [0.29, 0.717) is 0 Å². The summed E-state index contributed by atoms with van der Waals surface area (Å²) < 4.78 is 123. The lowest BCUT2D eigenvalue weighted by Crippen LogP contribution is -2.75. The Hall–Kier alpha value is -1.04.